The van der Waals surface area contributed by atoms with Gasteiger partial charge in [0.25, 0.3) is 0 Å². The van der Waals surface area contributed by atoms with Crippen LogP contribution in [-0.2, 0) is 4.79 Å². The maximum atomic E-state index is 13.6. The minimum atomic E-state index is -0.177. The third-order valence-corrected chi connectivity index (χ3v) is 7.05. The van der Waals surface area contributed by atoms with Crippen LogP contribution in [0.5, 0.6) is 0 Å². The second-order valence-electron chi connectivity index (χ2n) is 7.98. The smallest absolute Gasteiger partial charge is 0.146 e. The lowest BCUT2D eigenvalue weighted by molar-refractivity contribution is -0.138. The van der Waals surface area contributed by atoms with Crippen molar-refractivity contribution in [1.82, 2.24) is 0 Å². The maximum absolute atomic E-state index is 13.6. The van der Waals surface area contributed by atoms with Gasteiger partial charge in [0, 0.05) is 10.8 Å². The van der Waals surface area contributed by atoms with Crippen molar-refractivity contribution in [2.45, 2.75) is 51.9 Å². The molecule has 0 aliphatic heterocycles. The van der Waals surface area contributed by atoms with Gasteiger partial charge < -0.3 is 0 Å². The molecule has 5 atom stereocenters. The molecule has 1 spiro atoms. The van der Waals surface area contributed by atoms with E-state index in [-0.39, 0.29) is 10.8 Å². The van der Waals surface area contributed by atoms with Gasteiger partial charge in [0.2, 0.25) is 0 Å². The number of fused-ring (bicyclic) bond motifs is 1. The molecule has 1 heteroatoms. The minimum Gasteiger partial charge on any atom is -0.298 e. The SMILES string of the molecule is C[C@@H]1C=C[C@@H]2CCCC[C@@]23C(=O)[C@]1(C)C[C@@H]3c1ccccc1. The molecule has 4 rings (SSSR count). The monoisotopic (exact) mass is 294 g/mol. The second kappa shape index (κ2) is 4.81. The molecule has 3 aliphatic carbocycles. The highest BCUT2D eigenvalue weighted by molar-refractivity contribution is 5.95. The highest BCUT2D eigenvalue weighted by atomic mass is 16.1. The van der Waals surface area contributed by atoms with Crippen LogP contribution in [0.15, 0.2) is 42.5 Å². The molecule has 2 bridgehead atoms. The Morgan fingerprint density at radius 2 is 1.86 bits per heavy atom. The number of Topliss-reactive ketones (excluding diaryl/α,β-unsaturated/α-hetero) is 1. The van der Waals surface area contributed by atoms with Crippen LogP contribution < -0.4 is 0 Å². The van der Waals surface area contributed by atoms with Crippen LogP contribution in [0, 0.1) is 22.7 Å². The fourth-order valence-electron chi connectivity index (χ4n) is 5.60. The fraction of sp³-hybridized carbons (Fsp3) is 0.571. The Bertz CT molecular complexity index is 616. The van der Waals surface area contributed by atoms with Crippen molar-refractivity contribution in [1.29, 1.82) is 0 Å². The van der Waals surface area contributed by atoms with Crippen LogP contribution in [0.25, 0.3) is 0 Å². The largest absolute Gasteiger partial charge is 0.298 e. The Labute approximate surface area is 133 Å². The van der Waals surface area contributed by atoms with Gasteiger partial charge in [-0.3, -0.25) is 4.79 Å². The number of carbonyl (C=O) groups excluding carboxylic acids is 1. The average Bonchev–Trinajstić information content (AvgIpc) is 2.73. The minimum absolute atomic E-state index is 0.129. The molecule has 0 N–H and O–H groups in total. The van der Waals surface area contributed by atoms with Crippen LogP contribution in [0.3, 0.4) is 0 Å². The highest BCUT2D eigenvalue weighted by Crippen LogP contribution is 2.66. The van der Waals surface area contributed by atoms with Gasteiger partial charge >= 0.3 is 0 Å². The predicted octanol–water partition coefficient (Wildman–Crippen LogP) is 5.13. The summed E-state index contributed by atoms with van der Waals surface area (Å²) in [6.07, 6.45) is 10.5. The van der Waals surface area contributed by atoms with Crippen molar-refractivity contribution >= 4 is 5.78 Å². The highest BCUT2D eigenvalue weighted by Gasteiger charge is 2.64. The van der Waals surface area contributed by atoms with E-state index < -0.39 is 0 Å². The van der Waals surface area contributed by atoms with Gasteiger partial charge in [0.15, 0.2) is 0 Å². The zero-order chi connectivity index (χ0) is 15.4. The number of rotatable bonds is 1. The van der Waals surface area contributed by atoms with E-state index in [4.69, 9.17) is 0 Å². The third-order valence-electron chi connectivity index (χ3n) is 7.05. The van der Waals surface area contributed by atoms with Crippen molar-refractivity contribution in [3.05, 3.63) is 48.0 Å². The van der Waals surface area contributed by atoms with Gasteiger partial charge in [-0.1, -0.05) is 69.2 Å². The Morgan fingerprint density at radius 1 is 1.09 bits per heavy atom. The summed E-state index contributed by atoms with van der Waals surface area (Å²) in [4.78, 5) is 13.6. The standard InChI is InChI=1S/C21H26O/c1-15-11-12-17-10-6-7-13-21(17)18(14-20(15,2)19(21)22)16-8-4-3-5-9-16/h3-5,8-9,11-12,15,17-18H,6-7,10,13-14H2,1-2H3/t15-,17+,18-,20-,21-/m1/s1. The van der Waals surface area contributed by atoms with E-state index in [0.29, 0.717) is 23.5 Å². The lowest BCUT2D eigenvalue weighted by Crippen LogP contribution is -2.43. The quantitative estimate of drug-likeness (QED) is 0.656. The van der Waals surface area contributed by atoms with Crippen LogP contribution in [0.4, 0.5) is 0 Å². The van der Waals surface area contributed by atoms with Crippen molar-refractivity contribution in [2.24, 2.45) is 22.7 Å². The Morgan fingerprint density at radius 3 is 2.64 bits per heavy atom. The van der Waals surface area contributed by atoms with Gasteiger partial charge in [0.1, 0.15) is 5.78 Å². The maximum Gasteiger partial charge on any atom is 0.146 e. The van der Waals surface area contributed by atoms with E-state index in [2.05, 4.69) is 56.3 Å². The summed E-state index contributed by atoms with van der Waals surface area (Å²) in [5.74, 6) is 1.78. The zero-order valence-electron chi connectivity index (χ0n) is 13.7. The molecule has 116 valence electrons. The molecule has 0 heterocycles. The molecule has 0 unspecified atom stereocenters. The summed E-state index contributed by atoms with van der Waals surface area (Å²) in [5.41, 5.74) is 1.08. The molecule has 1 aromatic rings. The molecule has 2 saturated carbocycles. The molecule has 0 saturated heterocycles. The van der Waals surface area contributed by atoms with Crippen molar-refractivity contribution < 1.29 is 4.79 Å². The Hall–Kier alpha value is -1.37. The number of carbonyl (C=O) groups is 1. The fourth-order valence-corrected chi connectivity index (χ4v) is 5.60. The molecule has 22 heavy (non-hydrogen) atoms. The summed E-state index contributed by atoms with van der Waals surface area (Å²) in [6.45, 7) is 4.47. The van der Waals surface area contributed by atoms with Gasteiger partial charge in [0.05, 0.1) is 0 Å². The lowest BCUT2D eigenvalue weighted by Gasteiger charge is -2.43. The van der Waals surface area contributed by atoms with Crippen molar-refractivity contribution in [3.63, 3.8) is 0 Å². The van der Waals surface area contributed by atoms with Crippen molar-refractivity contribution in [3.8, 4) is 0 Å². The van der Waals surface area contributed by atoms with E-state index in [1.807, 2.05) is 0 Å². The van der Waals surface area contributed by atoms with E-state index in [9.17, 15) is 4.79 Å². The molecule has 0 aromatic heterocycles. The molecule has 0 radical (unpaired) electrons. The van der Waals surface area contributed by atoms with Crippen LogP contribution in [-0.4, -0.2) is 5.78 Å². The van der Waals surface area contributed by atoms with Crippen LogP contribution in [0.2, 0.25) is 0 Å². The second-order valence-corrected chi connectivity index (χ2v) is 7.98. The van der Waals surface area contributed by atoms with E-state index in [0.717, 1.165) is 12.8 Å². The third kappa shape index (κ3) is 1.68. The van der Waals surface area contributed by atoms with E-state index >= 15 is 0 Å². The number of benzene rings is 1. The number of ketones is 1. The topological polar surface area (TPSA) is 17.1 Å². The Balaban J connectivity index is 1.91. The molecule has 1 aromatic carbocycles. The van der Waals surface area contributed by atoms with Gasteiger partial charge in [-0.25, -0.2) is 0 Å². The first-order valence-corrected chi connectivity index (χ1v) is 8.87. The molecule has 1 nitrogen and oxygen atoms in total. The summed E-state index contributed by atoms with van der Waals surface area (Å²) < 4.78 is 0. The van der Waals surface area contributed by atoms with Gasteiger partial charge in [-0.15, -0.1) is 0 Å². The summed E-state index contributed by atoms with van der Waals surface area (Å²) in [6, 6.07) is 10.8. The van der Waals surface area contributed by atoms with Crippen molar-refractivity contribution in [2.75, 3.05) is 0 Å². The number of allylic oxidation sites excluding steroid dienone is 2. The summed E-state index contributed by atoms with van der Waals surface area (Å²) in [7, 11) is 0. The summed E-state index contributed by atoms with van der Waals surface area (Å²) in [5, 5.41) is 0. The zero-order valence-corrected chi connectivity index (χ0v) is 13.7. The molecular weight excluding hydrogens is 268 g/mol. The summed E-state index contributed by atoms with van der Waals surface area (Å²) >= 11 is 0. The first-order valence-electron chi connectivity index (χ1n) is 8.87. The van der Waals surface area contributed by atoms with Crippen LogP contribution >= 0.6 is 0 Å². The first kappa shape index (κ1) is 14.2. The van der Waals surface area contributed by atoms with Gasteiger partial charge in [-0.2, -0.15) is 0 Å². The average molecular weight is 294 g/mol. The molecule has 0 amide bonds. The molecular formula is C21H26O. The number of hydrogen-bond donors (Lipinski definition) is 0. The lowest BCUT2D eigenvalue weighted by atomic mass is 9.59. The molecule has 2 fully saturated rings. The Kier molecular flexibility index (Phi) is 3.11. The molecule has 3 aliphatic rings. The van der Waals surface area contributed by atoms with E-state index in [1.54, 1.807) is 0 Å². The first-order chi connectivity index (χ1) is 10.6. The normalized spacial score (nSPS) is 43.7. The van der Waals surface area contributed by atoms with Gasteiger partial charge in [-0.05, 0) is 42.6 Å². The van der Waals surface area contributed by atoms with Crippen LogP contribution in [0.1, 0.15) is 57.4 Å². The van der Waals surface area contributed by atoms with E-state index in [1.165, 1.54) is 24.8 Å². The number of hydrogen-bond acceptors (Lipinski definition) is 1. The predicted molar refractivity (Wildman–Crippen MR) is 89.6 cm³/mol.